The average molecular weight is 336 g/mol. The summed E-state index contributed by atoms with van der Waals surface area (Å²) in [5, 5.41) is 15.2. The summed E-state index contributed by atoms with van der Waals surface area (Å²) in [5.74, 6) is 4.11. The topological polar surface area (TPSA) is 76.4 Å². The predicted octanol–water partition coefficient (Wildman–Crippen LogP) is 1.63. The van der Waals surface area contributed by atoms with Crippen molar-refractivity contribution in [3.05, 3.63) is 11.6 Å². The summed E-state index contributed by atoms with van der Waals surface area (Å²) in [7, 11) is 3.68. The summed E-state index contributed by atoms with van der Waals surface area (Å²) in [6.07, 6.45) is 3.71. The third kappa shape index (κ3) is 5.47. The molecular weight excluding hydrogens is 304 g/mol. The molecule has 1 aromatic rings. The highest BCUT2D eigenvalue weighted by Crippen LogP contribution is 2.28. The molecule has 2 unspecified atom stereocenters. The van der Waals surface area contributed by atoms with Crippen LogP contribution in [0.3, 0.4) is 0 Å². The van der Waals surface area contributed by atoms with Gasteiger partial charge < -0.3 is 19.9 Å². The number of hydrogen-bond acceptors (Lipinski definition) is 4. The molecule has 7 heteroatoms. The van der Waals surface area contributed by atoms with Gasteiger partial charge in [-0.3, -0.25) is 0 Å². The van der Waals surface area contributed by atoms with Gasteiger partial charge in [-0.05, 0) is 38.0 Å². The molecule has 1 saturated carbocycles. The van der Waals surface area contributed by atoms with E-state index in [1.54, 1.807) is 7.11 Å². The molecule has 1 aliphatic carbocycles. The zero-order valence-corrected chi connectivity index (χ0v) is 15.7. The van der Waals surface area contributed by atoms with Crippen molar-refractivity contribution in [3.8, 4) is 0 Å². The average Bonchev–Trinajstić information content (AvgIpc) is 2.83. The van der Waals surface area contributed by atoms with Crippen LogP contribution in [0.15, 0.2) is 4.99 Å². The molecule has 0 spiro atoms. The standard InChI is InChI=1S/C17H32N6O/c1-12-8-13(2)10-15(9-12)20-17(18-6-7-24-5)19-11-16-22-21-14(3)23(16)4/h12-13,15H,6-11H2,1-5H3,(H2,18,19,20). The van der Waals surface area contributed by atoms with Gasteiger partial charge in [0.1, 0.15) is 12.4 Å². The zero-order valence-electron chi connectivity index (χ0n) is 15.7. The molecule has 2 N–H and O–H groups in total. The van der Waals surface area contributed by atoms with Gasteiger partial charge in [0.2, 0.25) is 0 Å². The Balaban J connectivity index is 2.00. The molecule has 136 valence electrons. The molecular formula is C17H32N6O. The molecule has 1 aliphatic rings. The summed E-state index contributed by atoms with van der Waals surface area (Å²) in [4.78, 5) is 4.70. The predicted molar refractivity (Wildman–Crippen MR) is 95.9 cm³/mol. The molecule has 24 heavy (non-hydrogen) atoms. The van der Waals surface area contributed by atoms with E-state index in [-0.39, 0.29) is 0 Å². The minimum Gasteiger partial charge on any atom is -0.383 e. The fraction of sp³-hybridized carbons (Fsp3) is 0.824. The van der Waals surface area contributed by atoms with E-state index in [0.717, 1.165) is 36.0 Å². The van der Waals surface area contributed by atoms with Crippen LogP contribution in [0, 0.1) is 18.8 Å². The quantitative estimate of drug-likeness (QED) is 0.469. The third-order valence-electron chi connectivity index (χ3n) is 4.68. The first kappa shape index (κ1) is 18.7. The number of aryl methyl sites for hydroxylation is 1. The van der Waals surface area contributed by atoms with Crippen LogP contribution in [0.2, 0.25) is 0 Å². The maximum Gasteiger partial charge on any atom is 0.192 e. The highest BCUT2D eigenvalue weighted by atomic mass is 16.5. The number of rotatable bonds is 6. The molecule has 0 saturated heterocycles. The number of aromatic nitrogens is 3. The number of aliphatic imine (C=N–C) groups is 1. The van der Waals surface area contributed by atoms with Crippen molar-refractivity contribution in [1.29, 1.82) is 0 Å². The minimum absolute atomic E-state index is 0.471. The first-order valence-electron chi connectivity index (χ1n) is 8.88. The van der Waals surface area contributed by atoms with Gasteiger partial charge in [0, 0.05) is 26.7 Å². The normalized spacial score (nSPS) is 24.9. The lowest BCUT2D eigenvalue weighted by atomic mass is 9.80. The molecule has 0 aromatic carbocycles. The van der Waals surface area contributed by atoms with Crippen LogP contribution in [-0.4, -0.2) is 47.0 Å². The van der Waals surface area contributed by atoms with Crippen LogP contribution in [0.4, 0.5) is 0 Å². The number of hydrogen-bond donors (Lipinski definition) is 2. The smallest absolute Gasteiger partial charge is 0.192 e. The first-order chi connectivity index (χ1) is 11.5. The fourth-order valence-electron chi connectivity index (χ4n) is 3.42. The van der Waals surface area contributed by atoms with Crippen molar-refractivity contribution in [1.82, 2.24) is 25.4 Å². The zero-order chi connectivity index (χ0) is 17.5. The second kappa shape index (κ2) is 9.01. The molecule has 0 radical (unpaired) electrons. The van der Waals surface area contributed by atoms with E-state index >= 15 is 0 Å². The Labute approximate surface area is 145 Å². The van der Waals surface area contributed by atoms with E-state index in [0.29, 0.717) is 19.2 Å². The maximum atomic E-state index is 5.13. The Morgan fingerprint density at radius 1 is 1.25 bits per heavy atom. The third-order valence-corrected chi connectivity index (χ3v) is 4.68. The Hall–Kier alpha value is -1.63. The molecule has 0 amide bonds. The molecule has 2 rings (SSSR count). The maximum absolute atomic E-state index is 5.13. The Kier molecular flexibility index (Phi) is 7.02. The molecule has 1 heterocycles. The second-order valence-electron chi connectivity index (χ2n) is 7.07. The highest BCUT2D eigenvalue weighted by molar-refractivity contribution is 5.80. The summed E-state index contributed by atoms with van der Waals surface area (Å²) in [6.45, 7) is 8.52. The van der Waals surface area contributed by atoms with E-state index in [1.807, 2.05) is 18.5 Å². The SMILES string of the molecule is COCCNC(=NCc1nnc(C)n1C)NC1CC(C)CC(C)C1. The molecule has 2 atom stereocenters. The lowest BCUT2D eigenvalue weighted by molar-refractivity contribution is 0.203. The number of methoxy groups -OCH3 is 1. The van der Waals surface area contributed by atoms with Crippen molar-refractivity contribution >= 4 is 5.96 Å². The fourth-order valence-corrected chi connectivity index (χ4v) is 3.42. The van der Waals surface area contributed by atoms with Gasteiger partial charge in [0.25, 0.3) is 0 Å². The molecule has 1 aromatic heterocycles. The number of guanidine groups is 1. The second-order valence-corrected chi connectivity index (χ2v) is 7.07. The highest BCUT2D eigenvalue weighted by Gasteiger charge is 2.24. The Morgan fingerprint density at radius 3 is 2.54 bits per heavy atom. The van der Waals surface area contributed by atoms with Crippen molar-refractivity contribution in [3.63, 3.8) is 0 Å². The van der Waals surface area contributed by atoms with Gasteiger partial charge in [0.05, 0.1) is 6.61 Å². The van der Waals surface area contributed by atoms with Crippen molar-refractivity contribution in [2.75, 3.05) is 20.3 Å². The first-order valence-corrected chi connectivity index (χ1v) is 8.88. The monoisotopic (exact) mass is 336 g/mol. The minimum atomic E-state index is 0.471. The van der Waals surface area contributed by atoms with E-state index in [2.05, 4.69) is 34.7 Å². The van der Waals surface area contributed by atoms with Gasteiger partial charge >= 0.3 is 0 Å². The van der Waals surface area contributed by atoms with Crippen LogP contribution >= 0.6 is 0 Å². The van der Waals surface area contributed by atoms with Crippen LogP contribution < -0.4 is 10.6 Å². The largest absolute Gasteiger partial charge is 0.383 e. The molecule has 0 aliphatic heterocycles. The summed E-state index contributed by atoms with van der Waals surface area (Å²) in [6, 6.07) is 0.471. The van der Waals surface area contributed by atoms with E-state index in [9.17, 15) is 0 Å². The van der Waals surface area contributed by atoms with Crippen LogP contribution in [0.25, 0.3) is 0 Å². The number of ether oxygens (including phenoxy) is 1. The number of nitrogens with zero attached hydrogens (tertiary/aromatic N) is 4. The summed E-state index contributed by atoms with van der Waals surface area (Å²) < 4.78 is 7.10. The van der Waals surface area contributed by atoms with Gasteiger partial charge in [-0.1, -0.05) is 13.8 Å². The van der Waals surface area contributed by atoms with Crippen molar-refractivity contribution in [2.24, 2.45) is 23.9 Å². The lowest BCUT2D eigenvalue weighted by Crippen LogP contribution is -2.47. The van der Waals surface area contributed by atoms with Crippen LogP contribution in [0.5, 0.6) is 0 Å². The van der Waals surface area contributed by atoms with Gasteiger partial charge in [-0.2, -0.15) is 0 Å². The van der Waals surface area contributed by atoms with Gasteiger partial charge in [-0.25, -0.2) is 4.99 Å². The summed E-state index contributed by atoms with van der Waals surface area (Å²) >= 11 is 0. The van der Waals surface area contributed by atoms with Gasteiger partial charge in [-0.15, -0.1) is 10.2 Å². The Bertz CT molecular complexity index is 531. The van der Waals surface area contributed by atoms with Crippen molar-refractivity contribution < 1.29 is 4.74 Å². The van der Waals surface area contributed by atoms with Crippen LogP contribution in [-0.2, 0) is 18.3 Å². The molecule has 1 fully saturated rings. The Morgan fingerprint density at radius 2 is 1.96 bits per heavy atom. The van der Waals surface area contributed by atoms with Crippen LogP contribution in [0.1, 0.15) is 44.8 Å². The lowest BCUT2D eigenvalue weighted by Gasteiger charge is -2.33. The van der Waals surface area contributed by atoms with Gasteiger partial charge in [0.15, 0.2) is 11.8 Å². The molecule has 0 bridgehead atoms. The van der Waals surface area contributed by atoms with Crippen molar-refractivity contribution in [2.45, 2.75) is 52.6 Å². The van der Waals surface area contributed by atoms with E-state index in [4.69, 9.17) is 9.73 Å². The molecule has 7 nitrogen and oxygen atoms in total. The number of nitrogens with one attached hydrogen (secondary N) is 2. The summed E-state index contributed by atoms with van der Waals surface area (Å²) in [5.41, 5.74) is 0. The van der Waals surface area contributed by atoms with E-state index in [1.165, 1.54) is 19.3 Å². The van der Waals surface area contributed by atoms with E-state index < -0.39 is 0 Å².